The van der Waals surface area contributed by atoms with E-state index in [4.69, 9.17) is 5.11 Å². The van der Waals surface area contributed by atoms with Gasteiger partial charge in [0.2, 0.25) is 0 Å². The second-order valence-electron chi connectivity index (χ2n) is 9.15. The van der Waals surface area contributed by atoms with Crippen LogP contribution >= 0.6 is 0 Å². The van der Waals surface area contributed by atoms with Crippen molar-refractivity contribution in [1.82, 2.24) is 15.1 Å². The van der Waals surface area contributed by atoms with Gasteiger partial charge in [-0.15, -0.1) is 0 Å². The van der Waals surface area contributed by atoms with Crippen LogP contribution in [0.5, 0.6) is 0 Å². The highest BCUT2D eigenvalue weighted by Crippen LogP contribution is 2.38. The maximum Gasteiger partial charge on any atom is 0.436 e. The Balaban J connectivity index is 1.60. The van der Waals surface area contributed by atoms with Crippen molar-refractivity contribution in [2.75, 3.05) is 25.2 Å². The standard InChI is InChI=1S/C27H29F3N4O4/c1-17(20-8-10-21(11-9-20)26(37)38-2)31-24(36)22-23(27(28,29)30)32-34-13-12-33(25(22)34)16-19-6-3-5-18(15-19)7-4-14-35/h3,5-6,8-11,15,17,35H,4,7,12-14,16H2,1-2H3,(H,31,36)/t17-/m0/s1. The molecule has 1 amide bonds. The molecular formula is C27H29F3N4O4. The molecule has 0 spiro atoms. The molecule has 3 aromatic rings. The molecule has 38 heavy (non-hydrogen) atoms. The Kier molecular flexibility index (Phi) is 8.05. The van der Waals surface area contributed by atoms with E-state index in [0.29, 0.717) is 37.1 Å². The minimum absolute atomic E-state index is 0.0715. The van der Waals surface area contributed by atoms with Crippen molar-refractivity contribution in [3.8, 4) is 0 Å². The Hall–Kier alpha value is -3.86. The number of alkyl halides is 3. The monoisotopic (exact) mass is 530 g/mol. The van der Waals surface area contributed by atoms with E-state index in [0.717, 1.165) is 11.1 Å². The number of hydrogen-bond acceptors (Lipinski definition) is 6. The van der Waals surface area contributed by atoms with Gasteiger partial charge in [0.25, 0.3) is 5.91 Å². The number of carbonyl (C=O) groups is 2. The van der Waals surface area contributed by atoms with Crippen molar-refractivity contribution in [2.45, 2.75) is 45.1 Å². The van der Waals surface area contributed by atoms with Gasteiger partial charge in [-0.25, -0.2) is 9.48 Å². The molecule has 4 rings (SSSR count). The van der Waals surface area contributed by atoms with Gasteiger partial charge in [-0.2, -0.15) is 18.3 Å². The predicted octanol–water partition coefficient (Wildman–Crippen LogP) is 4.12. The Morgan fingerprint density at radius 1 is 1.13 bits per heavy atom. The molecule has 0 radical (unpaired) electrons. The van der Waals surface area contributed by atoms with E-state index in [9.17, 15) is 22.8 Å². The van der Waals surface area contributed by atoms with E-state index in [1.54, 1.807) is 24.0 Å². The average Bonchev–Trinajstić information content (AvgIpc) is 3.47. The van der Waals surface area contributed by atoms with Gasteiger partial charge in [-0.1, -0.05) is 36.4 Å². The van der Waals surface area contributed by atoms with Crippen molar-refractivity contribution in [1.29, 1.82) is 0 Å². The number of hydrogen-bond donors (Lipinski definition) is 2. The summed E-state index contributed by atoms with van der Waals surface area (Å²) in [4.78, 5) is 26.7. The first-order valence-corrected chi connectivity index (χ1v) is 12.2. The zero-order chi connectivity index (χ0) is 27.4. The third-order valence-corrected chi connectivity index (χ3v) is 6.47. The first-order valence-electron chi connectivity index (χ1n) is 12.2. The fourth-order valence-corrected chi connectivity index (χ4v) is 4.58. The number of amides is 1. The molecule has 2 N–H and O–H groups in total. The third-order valence-electron chi connectivity index (χ3n) is 6.47. The number of fused-ring (bicyclic) bond motifs is 1. The molecule has 2 heterocycles. The average molecular weight is 531 g/mol. The molecule has 1 aliphatic rings. The number of aromatic nitrogens is 2. The molecule has 8 nitrogen and oxygen atoms in total. The molecule has 1 aromatic heterocycles. The lowest BCUT2D eigenvalue weighted by atomic mass is 10.0. The molecule has 11 heteroatoms. The van der Waals surface area contributed by atoms with Crippen LogP contribution in [-0.4, -0.2) is 47.0 Å². The predicted molar refractivity (Wildman–Crippen MR) is 134 cm³/mol. The van der Waals surface area contributed by atoms with E-state index in [1.807, 2.05) is 24.3 Å². The SMILES string of the molecule is COC(=O)c1ccc([C@H](C)NC(=O)c2c(C(F)(F)F)nn3c2N(Cc2cccc(CCCO)c2)CC3)cc1. The highest BCUT2D eigenvalue weighted by atomic mass is 19.4. The molecule has 0 unspecified atom stereocenters. The lowest BCUT2D eigenvalue weighted by molar-refractivity contribution is -0.141. The van der Waals surface area contributed by atoms with Gasteiger partial charge in [-0.3, -0.25) is 4.79 Å². The quantitative estimate of drug-likeness (QED) is 0.404. The fourth-order valence-electron chi connectivity index (χ4n) is 4.58. The molecule has 0 aliphatic carbocycles. The number of aryl methyl sites for hydroxylation is 1. The van der Waals surface area contributed by atoms with Crippen LogP contribution in [0.2, 0.25) is 0 Å². The number of nitrogens with zero attached hydrogens (tertiary/aromatic N) is 3. The van der Waals surface area contributed by atoms with E-state index >= 15 is 0 Å². The number of aliphatic hydroxyl groups excluding tert-OH is 1. The van der Waals surface area contributed by atoms with Crippen molar-refractivity contribution >= 4 is 17.7 Å². The van der Waals surface area contributed by atoms with E-state index in [1.165, 1.54) is 23.9 Å². The van der Waals surface area contributed by atoms with Gasteiger partial charge in [0.1, 0.15) is 11.4 Å². The van der Waals surface area contributed by atoms with Crippen LogP contribution in [0.3, 0.4) is 0 Å². The Morgan fingerprint density at radius 2 is 1.84 bits per heavy atom. The first kappa shape index (κ1) is 27.2. The summed E-state index contributed by atoms with van der Waals surface area (Å²) in [6, 6.07) is 13.3. The van der Waals surface area contributed by atoms with Crippen LogP contribution in [0, 0.1) is 0 Å². The van der Waals surface area contributed by atoms with E-state index in [-0.39, 0.29) is 19.0 Å². The summed E-state index contributed by atoms with van der Waals surface area (Å²) in [5.74, 6) is -1.27. The molecule has 0 saturated carbocycles. The molecule has 0 bridgehead atoms. The van der Waals surface area contributed by atoms with Crippen molar-refractivity contribution in [3.63, 3.8) is 0 Å². The number of rotatable bonds is 9. The van der Waals surface area contributed by atoms with Crippen LogP contribution in [0.4, 0.5) is 19.0 Å². The number of nitrogens with one attached hydrogen (secondary N) is 1. The number of carbonyl (C=O) groups excluding carboxylic acids is 2. The van der Waals surface area contributed by atoms with Gasteiger partial charge in [0.15, 0.2) is 5.69 Å². The largest absolute Gasteiger partial charge is 0.465 e. The van der Waals surface area contributed by atoms with Gasteiger partial charge in [0.05, 0.1) is 25.3 Å². The molecule has 0 saturated heterocycles. The number of ether oxygens (including phenoxy) is 1. The number of esters is 1. The number of methoxy groups -OCH3 is 1. The summed E-state index contributed by atoms with van der Waals surface area (Å²) >= 11 is 0. The van der Waals surface area contributed by atoms with Crippen LogP contribution in [-0.2, 0) is 30.4 Å². The third kappa shape index (κ3) is 5.83. The topological polar surface area (TPSA) is 96.7 Å². The summed E-state index contributed by atoms with van der Waals surface area (Å²) < 4.78 is 47.8. The second-order valence-corrected chi connectivity index (χ2v) is 9.15. The van der Waals surface area contributed by atoms with Crippen molar-refractivity contribution in [2.24, 2.45) is 0 Å². The zero-order valence-electron chi connectivity index (χ0n) is 21.1. The van der Waals surface area contributed by atoms with Gasteiger partial charge in [-0.05, 0) is 48.6 Å². The van der Waals surface area contributed by atoms with E-state index < -0.39 is 35.4 Å². The summed E-state index contributed by atoms with van der Waals surface area (Å²) in [6.07, 6.45) is -3.51. The second kappa shape index (κ2) is 11.3. The Morgan fingerprint density at radius 3 is 2.50 bits per heavy atom. The maximum absolute atomic E-state index is 14.0. The summed E-state index contributed by atoms with van der Waals surface area (Å²) in [5, 5.41) is 15.5. The van der Waals surface area contributed by atoms with Gasteiger partial charge in [0, 0.05) is 19.7 Å². The smallest absolute Gasteiger partial charge is 0.436 e. The summed E-state index contributed by atoms with van der Waals surface area (Å²) in [5.41, 5.74) is 1.10. The molecule has 1 aliphatic heterocycles. The van der Waals surface area contributed by atoms with Gasteiger partial charge < -0.3 is 20.1 Å². The van der Waals surface area contributed by atoms with Crippen LogP contribution in [0.15, 0.2) is 48.5 Å². The van der Waals surface area contributed by atoms with Crippen molar-refractivity contribution < 1.29 is 32.6 Å². The Bertz CT molecular complexity index is 1300. The van der Waals surface area contributed by atoms with E-state index in [2.05, 4.69) is 15.2 Å². The molecule has 2 aromatic carbocycles. The number of halogens is 3. The maximum atomic E-state index is 14.0. The highest BCUT2D eigenvalue weighted by Gasteiger charge is 2.44. The van der Waals surface area contributed by atoms with Crippen LogP contribution < -0.4 is 10.2 Å². The minimum atomic E-state index is -4.81. The van der Waals surface area contributed by atoms with Crippen LogP contribution in [0.1, 0.15) is 62.5 Å². The number of aliphatic hydroxyl groups is 1. The number of benzene rings is 2. The normalized spacial score (nSPS) is 13.8. The summed E-state index contributed by atoms with van der Waals surface area (Å²) in [6.45, 7) is 2.66. The lowest BCUT2D eigenvalue weighted by Gasteiger charge is -2.21. The molecule has 202 valence electrons. The highest BCUT2D eigenvalue weighted by molar-refractivity contribution is 6.01. The minimum Gasteiger partial charge on any atom is -0.465 e. The molecular weight excluding hydrogens is 501 g/mol. The first-order chi connectivity index (χ1) is 18.1. The lowest BCUT2D eigenvalue weighted by Crippen LogP contribution is -2.31. The van der Waals surface area contributed by atoms with Gasteiger partial charge >= 0.3 is 12.1 Å². The van der Waals surface area contributed by atoms with Crippen LogP contribution in [0.25, 0.3) is 0 Å². The molecule has 1 atom stereocenters. The fraction of sp³-hybridized carbons (Fsp3) is 0.370. The zero-order valence-corrected chi connectivity index (χ0v) is 21.1. The molecule has 0 fully saturated rings. The Labute approximate surface area is 218 Å². The van der Waals surface area contributed by atoms with Crippen molar-refractivity contribution in [3.05, 3.63) is 82.0 Å². The summed E-state index contributed by atoms with van der Waals surface area (Å²) in [7, 11) is 1.26. The number of anilines is 1.